The summed E-state index contributed by atoms with van der Waals surface area (Å²) in [4.78, 5) is 22.7. The molecule has 0 radical (unpaired) electrons. The van der Waals surface area contributed by atoms with Crippen molar-refractivity contribution in [3.8, 4) is 0 Å². The van der Waals surface area contributed by atoms with Crippen molar-refractivity contribution in [1.29, 1.82) is 0 Å². The average molecular weight is 299 g/mol. The number of rotatable bonds is 5. The Bertz CT molecular complexity index is 745. The molecule has 0 fully saturated rings. The summed E-state index contributed by atoms with van der Waals surface area (Å²) in [6.07, 6.45) is 6.07. The lowest BCUT2D eigenvalue weighted by atomic mass is 9.99. The maximum absolute atomic E-state index is 12.0. The maximum Gasteiger partial charge on any atom is 0.273 e. The van der Waals surface area contributed by atoms with E-state index < -0.39 is 4.92 Å². The number of benzene rings is 1. The second-order valence-electron chi connectivity index (χ2n) is 5.33. The van der Waals surface area contributed by atoms with Crippen molar-refractivity contribution < 1.29 is 9.72 Å². The summed E-state index contributed by atoms with van der Waals surface area (Å²) in [6.45, 7) is 3.81. The van der Waals surface area contributed by atoms with E-state index in [0.717, 1.165) is 0 Å². The van der Waals surface area contributed by atoms with Crippen LogP contribution in [0.4, 0.5) is 5.69 Å². The number of aromatic nitrogens is 2. The van der Waals surface area contributed by atoms with Gasteiger partial charge in [0.25, 0.3) is 5.69 Å². The minimum atomic E-state index is -0.393. The number of nitrogens with zero attached hydrogens (tertiary/aromatic N) is 3. The molecule has 0 N–H and O–H groups in total. The maximum atomic E-state index is 12.0. The van der Waals surface area contributed by atoms with Gasteiger partial charge in [-0.3, -0.25) is 19.6 Å². The smallest absolute Gasteiger partial charge is 0.273 e. The standard InChI is InChI=1S/C16H17N3O3/c1-11(2)14-6-4-12(8-15(14)19(21)22)5-7-16(20)13-9-17-18(3)10-13/h4-11H,1-3H3. The molecule has 1 aromatic carbocycles. The van der Waals surface area contributed by atoms with E-state index in [0.29, 0.717) is 16.7 Å². The topological polar surface area (TPSA) is 78.0 Å². The van der Waals surface area contributed by atoms with Crippen molar-refractivity contribution in [2.45, 2.75) is 19.8 Å². The summed E-state index contributed by atoms with van der Waals surface area (Å²) in [5, 5.41) is 15.1. The number of nitro benzene ring substituents is 1. The summed E-state index contributed by atoms with van der Waals surface area (Å²) in [7, 11) is 1.73. The molecule has 0 saturated carbocycles. The molecule has 1 heterocycles. The number of ketones is 1. The van der Waals surface area contributed by atoms with Gasteiger partial charge < -0.3 is 0 Å². The van der Waals surface area contributed by atoms with E-state index >= 15 is 0 Å². The van der Waals surface area contributed by atoms with Crippen molar-refractivity contribution >= 4 is 17.5 Å². The summed E-state index contributed by atoms with van der Waals surface area (Å²) in [5.41, 5.74) is 1.85. The first-order valence-electron chi connectivity index (χ1n) is 6.88. The van der Waals surface area contributed by atoms with Gasteiger partial charge >= 0.3 is 0 Å². The van der Waals surface area contributed by atoms with Gasteiger partial charge in [0.15, 0.2) is 5.78 Å². The highest BCUT2D eigenvalue weighted by Crippen LogP contribution is 2.27. The van der Waals surface area contributed by atoms with Crippen LogP contribution in [-0.2, 0) is 7.05 Å². The molecule has 0 bridgehead atoms. The summed E-state index contributed by atoms with van der Waals surface area (Å²) in [5.74, 6) is -0.126. The Balaban J connectivity index is 2.26. The van der Waals surface area contributed by atoms with E-state index in [-0.39, 0.29) is 17.4 Å². The Morgan fingerprint density at radius 2 is 2.14 bits per heavy atom. The largest absolute Gasteiger partial charge is 0.289 e. The predicted molar refractivity (Wildman–Crippen MR) is 83.8 cm³/mol. The average Bonchev–Trinajstić information content (AvgIpc) is 2.91. The van der Waals surface area contributed by atoms with Gasteiger partial charge in [-0.15, -0.1) is 0 Å². The number of nitro groups is 1. The zero-order valence-electron chi connectivity index (χ0n) is 12.7. The molecule has 0 atom stereocenters. The van der Waals surface area contributed by atoms with Crippen LogP contribution < -0.4 is 0 Å². The van der Waals surface area contributed by atoms with E-state index in [4.69, 9.17) is 0 Å². The molecule has 0 spiro atoms. The molecular formula is C16H17N3O3. The fourth-order valence-electron chi connectivity index (χ4n) is 2.13. The third-order valence-corrected chi connectivity index (χ3v) is 3.29. The molecule has 22 heavy (non-hydrogen) atoms. The number of allylic oxidation sites excluding steroid dienone is 1. The van der Waals surface area contributed by atoms with Crippen molar-refractivity contribution in [1.82, 2.24) is 9.78 Å². The van der Waals surface area contributed by atoms with Gasteiger partial charge in [0.05, 0.1) is 16.7 Å². The fraction of sp³-hybridized carbons (Fsp3) is 0.250. The highest BCUT2D eigenvalue weighted by Gasteiger charge is 2.16. The number of carbonyl (C=O) groups excluding carboxylic acids is 1. The lowest BCUT2D eigenvalue weighted by Crippen LogP contribution is -1.98. The first-order chi connectivity index (χ1) is 10.4. The zero-order chi connectivity index (χ0) is 16.3. The van der Waals surface area contributed by atoms with E-state index in [1.54, 1.807) is 36.1 Å². The monoisotopic (exact) mass is 299 g/mol. The van der Waals surface area contributed by atoms with Gasteiger partial charge in [-0.1, -0.05) is 32.1 Å². The van der Waals surface area contributed by atoms with Crippen LogP contribution in [0.25, 0.3) is 6.08 Å². The molecular weight excluding hydrogens is 282 g/mol. The summed E-state index contributed by atoms with van der Waals surface area (Å²) in [6, 6.07) is 4.99. The molecule has 6 nitrogen and oxygen atoms in total. The molecule has 0 aliphatic carbocycles. The Morgan fingerprint density at radius 3 is 2.68 bits per heavy atom. The second-order valence-corrected chi connectivity index (χ2v) is 5.33. The van der Waals surface area contributed by atoms with Crippen molar-refractivity contribution in [2.75, 3.05) is 0 Å². The molecule has 0 amide bonds. The van der Waals surface area contributed by atoms with Gasteiger partial charge in [0, 0.05) is 24.9 Å². The van der Waals surface area contributed by atoms with Crippen LogP contribution in [0, 0.1) is 10.1 Å². The Kier molecular flexibility index (Phi) is 4.50. The Morgan fingerprint density at radius 1 is 1.41 bits per heavy atom. The molecule has 2 aromatic rings. The van der Waals surface area contributed by atoms with E-state index in [2.05, 4.69) is 5.10 Å². The minimum Gasteiger partial charge on any atom is -0.289 e. The lowest BCUT2D eigenvalue weighted by Gasteiger charge is -2.06. The molecule has 2 rings (SSSR count). The number of aryl methyl sites for hydroxylation is 1. The van der Waals surface area contributed by atoms with Gasteiger partial charge in [0.1, 0.15) is 0 Å². The molecule has 0 aliphatic heterocycles. The van der Waals surface area contributed by atoms with Crippen molar-refractivity contribution in [2.24, 2.45) is 7.05 Å². The van der Waals surface area contributed by atoms with Crippen LogP contribution >= 0.6 is 0 Å². The zero-order valence-corrected chi connectivity index (χ0v) is 12.7. The van der Waals surface area contributed by atoms with Crippen molar-refractivity contribution in [3.63, 3.8) is 0 Å². The van der Waals surface area contributed by atoms with E-state index in [1.165, 1.54) is 18.3 Å². The van der Waals surface area contributed by atoms with Crippen LogP contribution in [-0.4, -0.2) is 20.5 Å². The predicted octanol–water partition coefficient (Wildman–Crippen LogP) is 3.35. The normalized spacial score (nSPS) is 11.3. The number of hydrogen-bond acceptors (Lipinski definition) is 4. The van der Waals surface area contributed by atoms with Crippen molar-refractivity contribution in [3.05, 3.63) is 63.5 Å². The van der Waals surface area contributed by atoms with Crippen LogP contribution in [0.5, 0.6) is 0 Å². The highest BCUT2D eigenvalue weighted by molar-refractivity contribution is 6.06. The third-order valence-electron chi connectivity index (χ3n) is 3.29. The van der Waals surface area contributed by atoms with Crippen LogP contribution in [0.1, 0.15) is 41.3 Å². The van der Waals surface area contributed by atoms with Crippen LogP contribution in [0.15, 0.2) is 36.7 Å². The molecule has 0 unspecified atom stereocenters. The lowest BCUT2D eigenvalue weighted by molar-refractivity contribution is -0.385. The second kappa shape index (κ2) is 6.34. The number of hydrogen-bond donors (Lipinski definition) is 0. The van der Waals surface area contributed by atoms with Gasteiger partial charge in [-0.2, -0.15) is 5.10 Å². The Hall–Kier alpha value is -2.76. The third kappa shape index (κ3) is 3.46. The van der Waals surface area contributed by atoms with Gasteiger partial charge in [0.2, 0.25) is 0 Å². The SMILES string of the molecule is CC(C)c1ccc(C=CC(=O)c2cnn(C)c2)cc1[N+](=O)[O-]. The quantitative estimate of drug-likeness (QED) is 0.367. The highest BCUT2D eigenvalue weighted by atomic mass is 16.6. The summed E-state index contributed by atoms with van der Waals surface area (Å²) >= 11 is 0. The molecule has 114 valence electrons. The summed E-state index contributed by atoms with van der Waals surface area (Å²) < 4.78 is 1.54. The first-order valence-corrected chi connectivity index (χ1v) is 6.88. The van der Waals surface area contributed by atoms with Gasteiger partial charge in [-0.05, 0) is 17.6 Å². The molecule has 0 aliphatic rings. The fourth-order valence-corrected chi connectivity index (χ4v) is 2.13. The van der Waals surface area contributed by atoms with Crippen LogP contribution in [0.3, 0.4) is 0 Å². The molecule has 1 aromatic heterocycles. The van der Waals surface area contributed by atoms with E-state index in [9.17, 15) is 14.9 Å². The Labute approximate surface area is 128 Å². The first kappa shape index (κ1) is 15.6. The molecule has 0 saturated heterocycles. The van der Waals surface area contributed by atoms with Gasteiger partial charge in [-0.25, -0.2) is 0 Å². The number of carbonyl (C=O) groups is 1. The van der Waals surface area contributed by atoms with E-state index in [1.807, 2.05) is 13.8 Å². The minimum absolute atomic E-state index is 0.0652. The van der Waals surface area contributed by atoms with Crippen LogP contribution in [0.2, 0.25) is 0 Å². The molecule has 6 heteroatoms.